The fourth-order valence-electron chi connectivity index (χ4n) is 5.36. The van der Waals surface area contributed by atoms with E-state index in [0.29, 0.717) is 0 Å². The summed E-state index contributed by atoms with van der Waals surface area (Å²) in [5, 5.41) is 30.6. The molecule has 0 heterocycles. The predicted molar refractivity (Wildman–Crippen MR) is 145 cm³/mol. The van der Waals surface area contributed by atoms with E-state index in [-0.39, 0.29) is 25.2 Å². The zero-order valence-electron chi connectivity index (χ0n) is 23.0. The van der Waals surface area contributed by atoms with Gasteiger partial charge in [-0.2, -0.15) is 0 Å². The molecular formula is C30H62O3. The minimum atomic E-state index is -0.611. The number of hydrogen-bond donors (Lipinski definition) is 3. The summed E-state index contributed by atoms with van der Waals surface area (Å²) < 4.78 is 0. The van der Waals surface area contributed by atoms with Crippen LogP contribution in [0, 0.1) is 10.8 Å². The van der Waals surface area contributed by atoms with Gasteiger partial charge < -0.3 is 15.3 Å². The number of unbranched alkanes of at least 4 members (excludes halogenated alkanes) is 18. The largest absolute Gasteiger partial charge is 0.396 e. The first-order chi connectivity index (χ1) is 16.1. The number of rotatable bonds is 26. The highest BCUT2D eigenvalue weighted by atomic mass is 16.3. The van der Waals surface area contributed by atoms with Crippen LogP contribution >= 0.6 is 0 Å². The van der Waals surface area contributed by atoms with Gasteiger partial charge in [0.25, 0.3) is 0 Å². The van der Waals surface area contributed by atoms with Crippen molar-refractivity contribution >= 4 is 0 Å². The Bertz CT molecular complexity index is 368. The van der Waals surface area contributed by atoms with E-state index in [9.17, 15) is 15.3 Å². The van der Waals surface area contributed by atoms with Crippen molar-refractivity contribution in [1.29, 1.82) is 0 Å². The van der Waals surface area contributed by atoms with Crippen molar-refractivity contribution in [2.75, 3.05) is 19.8 Å². The summed E-state index contributed by atoms with van der Waals surface area (Å²) in [6.45, 7) is 6.46. The van der Waals surface area contributed by atoms with Gasteiger partial charge in [0.05, 0.1) is 13.2 Å². The molecular weight excluding hydrogens is 408 g/mol. The van der Waals surface area contributed by atoms with Crippen molar-refractivity contribution in [2.24, 2.45) is 10.8 Å². The Labute approximate surface area is 208 Å². The molecule has 3 heteroatoms. The number of aliphatic hydroxyl groups is 3. The molecule has 0 aromatic carbocycles. The minimum Gasteiger partial charge on any atom is -0.396 e. The van der Waals surface area contributed by atoms with Crippen LogP contribution < -0.4 is 0 Å². The Morgan fingerprint density at radius 3 is 0.909 bits per heavy atom. The molecule has 0 aliphatic carbocycles. The van der Waals surface area contributed by atoms with Gasteiger partial charge in [0.2, 0.25) is 0 Å². The SMILES string of the molecule is CCCCCCCCCCCCC(CO)(CCCCCCCCCCCC)C(C)(CO)CO. The molecule has 0 rings (SSSR count). The molecule has 33 heavy (non-hydrogen) atoms. The third kappa shape index (κ3) is 14.8. The maximum atomic E-state index is 10.4. The van der Waals surface area contributed by atoms with Gasteiger partial charge in [0.15, 0.2) is 0 Å². The molecule has 0 aromatic heterocycles. The van der Waals surface area contributed by atoms with Gasteiger partial charge in [-0.25, -0.2) is 0 Å². The summed E-state index contributed by atoms with van der Waals surface area (Å²) in [7, 11) is 0. The normalized spacial score (nSPS) is 12.5. The van der Waals surface area contributed by atoms with E-state index in [2.05, 4.69) is 13.8 Å². The van der Waals surface area contributed by atoms with Gasteiger partial charge in [-0.15, -0.1) is 0 Å². The van der Waals surface area contributed by atoms with Crippen LogP contribution in [0.5, 0.6) is 0 Å². The van der Waals surface area contributed by atoms with Crippen LogP contribution in [0.4, 0.5) is 0 Å². The molecule has 0 radical (unpaired) electrons. The molecule has 0 aliphatic rings. The molecule has 0 amide bonds. The highest BCUT2D eigenvalue weighted by molar-refractivity contribution is 4.95. The molecule has 0 atom stereocenters. The van der Waals surface area contributed by atoms with Crippen LogP contribution in [-0.2, 0) is 0 Å². The van der Waals surface area contributed by atoms with Crippen LogP contribution in [0.15, 0.2) is 0 Å². The van der Waals surface area contributed by atoms with Gasteiger partial charge in [-0.05, 0) is 12.8 Å². The lowest BCUT2D eigenvalue weighted by Gasteiger charge is -2.46. The first-order valence-corrected chi connectivity index (χ1v) is 14.9. The molecule has 0 fully saturated rings. The van der Waals surface area contributed by atoms with E-state index in [1.807, 2.05) is 6.92 Å². The minimum absolute atomic E-state index is 0.0560. The summed E-state index contributed by atoms with van der Waals surface area (Å²) in [4.78, 5) is 0. The summed E-state index contributed by atoms with van der Waals surface area (Å²) in [6, 6.07) is 0. The van der Waals surface area contributed by atoms with E-state index in [0.717, 1.165) is 25.7 Å². The fraction of sp³-hybridized carbons (Fsp3) is 1.00. The molecule has 3 nitrogen and oxygen atoms in total. The van der Waals surface area contributed by atoms with E-state index < -0.39 is 5.41 Å². The standard InChI is InChI=1S/C30H62O3/c1-4-6-8-10-12-14-16-18-20-22-24-30(28-33,29(3,26-31)27-32)25-23-21-19-17-15-13-11-9-7-5-2/h31-33H,4-28H2,1-3H3. The summed E-state index contributed by atoms with van der Waals surface area (Å²) in [5.74, 6) is 0. The fourth-order valence-corrected chi connectivity index (χ4v) is 5.36. The average Bonchev–Trinajstić information content (AvgIpc) is 2.84. The zero-order valence-corrected chi connectivity index (χ0v) is 23.0. The molecule has 0 bridgehead atoms. The Balaban J connectivity index is 4.29. The molecule has 0 saturated heterocycles. The van der Waals surface area contributed by atoms with Gasteiger partial charge in [-0.3, -0.25) is 0 Å². The van der Waals surface area contributed by atoms with E-state index in [4.69, 9.17) is 0 Å². The van der Waals surface area contributed by atoms with Crippen molar-refractivity contribution in [1.82, 2.24) is 0 Å². The monoisotopic (exact) mass is 470 g/mol. The van der Waals surface area contributed by atoms with E-state index >= 15 is 0 Å². The first-order valence-electron chi connectivity index (χ1n) is 14.9. The van der Waals surface area contributed by atoms with Gasteiger partial charge in [-0.1, -0.05) is 149 Å². The highest BCUT2D eigenvalue weighted by Gasteiger charge is 2.46. The van der Waals surface area contributed by atoms with Gasteiger partial charge >= 0.3 is 0 Å². The zero-order chi connectivity index (χ0) is 24.7. The highest BCUT2D eigenvalue weighted by Crippen LogP contribution is 2.47. The molecule has 0 spiro atoms. The van der Waals surface area contributed by atoms with Crippen molar-refractivity contribution in [2.45, 2.75) is 162 Å². The molecule has 0 aromatic rings. The summed E-state index contributed by atoms with van der Waals surface area (Å²) in [6.07, 6.45) is 27.9. The third-order valence-electron chi connectivity index (χ3n) is 8.30. The van der Waals surface area contributed by atoms with Crippen molar-refractivity contribution in [3.63, 3.8) is 0 Å². The maximum Gasteiger partial charge on any atom is 0.0512 e. The predicted octanol–water partition coefficient (Wildman–Crippen LogP) is 8.58. The van der Waals surface area contributed by atoms with Crippen molar-refractivity contribution in [3.8, 4) is 0 Å². The summed E-state index contributed by atoms with van der Waals surface area (Å²) in [5.41, 5.74) is -0.975. The van der Waals surface area contributed by atoms with Crippen LogP contribution in [0.25, 0.3) is 0 Å². The van der Waals surface area contributed by atoms with E-state index in [1.54, 1.807) is 0 Å². The van der Waals surface area contributed by atoms with Gasteiger partial charge in [0.1, 0.15) is 0 Å². The van der Waals surface area contributed by atoms with Crippen LogP contribution in [0.1, 0.15) is 162 Å². The van der Waals surface area contributed by atoms with Crippen molar-refractivity contribution in [3.05, 3.63) is 0 Å². The lowest BCUT2D eigenvalue weighted by molar-refractivity contribution is -0.0884. The molecule has 0 unspecified atom stereocenters. The quantitative estimate of drug-likeness (QED) is 0.111. The Hall–Kier alpha value is -0.120. The Morgan fingerprint density at radius 2 is 0.667 bits per heavy atom. The molecule has 0 aliphatic heterocycles. The number of hydrogen-bond acceptors (Lipinski definition) is 3. The number of aliphatic hydroxyl groups excluding tert-OH is 3. The maximum absolute atomic E-state index is 10.4. The second-order valence-corrected chi connectivity index (χ2v) is 11.2. The topological polar surface area (TPSA) is 60.7 Å². The second kappa shape index (κ2) is 22.4. The van der Waals surface area contributed by atoms with Gasteiger partial charge in [0, 0.05) is 17.4 Å². The molecule has 0 saturated carbocycles. The smallest absolute Gasteiger partial charge is 0.0512 e. The van der Waals surface area contributed by atoms with Crippen molar-refractivity contribution < 1.29 is 15.3 Å². The molecule has 3 N–H and O–H groups in total. The third-order valence-corrected chi connectivity index (χ3v) is 8.30. The average molecular weight is 471 g/mol. The Morgan fingerprint density at radius 1 is 0.394 bits per heavy atom. The molecule has 200 valence electrons. The van der Waals surface area contributed by atoms with Crippen LogP contribution in [-0.4, -0.2) is 35.1 Å². The lowest BCUT2D eigenvalue weighted by atomic mass is 9.60. The van der Waals surface area contributed by atoms with Crippen LogP contribution in [0.3, 0.4) is 0 Å². The van der Waals surface area contributed by atoms with E-state index in [1.165, 1.54) is 116 Å². The second-order valence-electron chi connectivity index (χ2n) is 11.2. The summed E-state index contributed by atoms with van der Waals surface area (Å²) >= 11 is 0. The first kappa shape index (κ1) is 32.9. The van der Waals surface area contributed by atoms with Crippen LogP contribution in [0.2, 0.25) is 0 Å². The lowest BCUT2D eigenvalue weighted by Crippen LogP contribution is -2.48. The Kier molecular flexibility index (Phi) is 22.3.